The molecule has 1 N–H and O–H groups in total. The van der Waals surface area contributed by atoms with E-state index in [1.807, 2.05) is 66.0 Å². The van der Waals surface area contributed by atoms with Crippen LogP contribution < -0.4 is 5.32 Å². The largest absolute Gasteiger partial charge is 0.367 e. The molecule has 3 rings (SSSR count). The van der Waals surface area contributed by atoms with Gasteiger partial charge in [0.2, 0.25) is 0 Å². The Kier molecular flexibility index (Phi) is 4.80. The highest BCUT2D eigenvalue weighted by molar-refractivity contribution is 7.14. The molecule has 0 spiro atoms. The summed E-state index contributed by atoms with van der Waals surface area (Å²) >= 11 is 1.40. The Labute approximate surface area is 138 Å². The zero-order valence-corrected chi connectivity index (χ0v) is 13.4. The molecule has 4 nitrogen and oxygen atoms in total. The molecule has 3 aromatic rings. The van der Waals surface area contributed by atoms with Crippen LogP contribution in [-0.2, 0) is 9.53 Å². The maximum Gasteiger partial charge on any atom is 0.259 e. The zero-order chi connectivity index (χ0) is 16.1. The smallest absolute Gasteiger partial charge is 0.259 e. The Morgan fingerprint density at radius 2 is 1.74 bits per heavy atom. The molecule has 23 heavy (non-hydrogen) atoms. The summed E-state index contributed by atoms with van der Waals surface area (Å²) in [6, 6.07) is 19.3. The fourth-order valence-corrected chi connectivity index (χ4v) is 2.99. The van der Waals surface area contributed by atoms with E-state index in [0.717, 1.165) is 16.8 Å². The summed E-state index contributed by atoms with van der Waals surface area (Å²) in [7, 11) is 1.52. The van der Waals surface area contributed by atoms with Crippen molar-refractivity contribution in [2.75, 3.05) is 12.4 Å². The standard InChI is InChI=1S/C18H16N2O2S/c1-22-16(14-10-6-3-7-11-14)17(21)20-18-19-15(12-23-18)13-8-4-2-5-9-13/h2-12,16H,1H3,(H,19,20,21)/t16-/m1/s1. The maximum atomic E-state index is 12.4. The van der Waals surface area contributed by atoms with Crippen LogP contribution in [0.15, 0.2) is 66.0 Å². The molecule has 0 aliphatic carbocycles. The molecule has 0 unspecified atom stereocenters. The fourth-order valence-electron chi connectivity index (χ4n) is 2.27. The molecule has 5 heteroatoms. The van der Waals surface area contributed by atoms with E-state index in [1.165, 1.54) is 18.4 Å². The second kappa shape index (κ2) is 7.17. The number of hydrogen-bond donors (Lipinski definition) is 1. The first kappa shape index (κ1) is 15.4. The van der Waals surface area contributed by atoms with Gasteiger partial charge in [0.25, 0.3) is 5.91 Å². The van der Waals surface area contributed by atoms with Crippen LogP contribution in [0.4, 0.5) is 5.13 Å². The Hall–Kier alpha value is -2.50. The molecule has 0 bridgehead atoms. The molecule has 1 heterocycles. The van der Waals surface area contributed by atoms with E-state index in [2.05, 4.69) is 10.3 Å². The molecular formula is C18H16N2O2S. The van der Waals surface area contributed by atoms with E-state index in [9.17, 15) is 4.79 Å². The lowest BCUT2D eigenvalue weighted by Gasteiger charge is -2.14. The van der Waals surface area contributed by atoms with Gasteiger partial charge in [0.05, 0.1) is 5.69 Å². The number of hydrogen-bond acceptors (Lipinski definition) is 4. The summed E-state index contributed by atoms with van der Waals surface area (Å²) in [5, 5.41) is 5.31. The third kappa shape index (κ3) is 3.64. The third-order valence-electron chi connectivity index (χ3n) is 3.38. The topological polar surface area (TPSA) is 51.2 Å². The van der Waals surface area contributed by atoms with Crippen molar-refractivity contribution in [2.24, 2.45) is 0 Å². The Balaban J connectivity index is 1.74. The van der Waals surface area contributed by atoms with Crippen molar-refractivity contribution < 1.29 is 9.53 Å². The molecule has 0 radical (unpaired) electrons. The predicted molar refractivity (Wildman–Crippen MR) is 92.4 cm³/mol. The molecular weight excluding hydrogens is 308 g/mol. The number of aromatic nitrogens is 1. The van der Waals surface area contributed by atoms with Crippen LogP contribution in [0.5, 0.6) is 0 Å². The van der Waals surface area contributed by atoms with E-state index in [4.69, 9.17) is 4.74 Å². The van der Waals surface area contributed by atoms with Crippen molar-refractivity contribution >= 4 is 22.4 Å². The average Bonchev–Trinajstić information content (AvgIpc) is 3.06. The van der Waals surface area contributed by atoms with Gasteiger partial charge in [0, 0.05) is 18.1 Å². The molecule has 1 amide bonds. The first-order chi connectivity index (χ1) is 11.3. The lowest BCUT2D eigenvalue weighted by Crippen LogP contribution is -2.22. The van der Waals surface area contributed by atoms with E-state index in [1.54, 1.807) is 0 Å². The fraction of sp³-hybridized carbons (Fsp3) is 0.111. The number of rotatable bonds is 5. The predicted octanol–water partition coefficient (Wildman–Crippen LogP) is 4.14. The first-order valence-corrected chi connectivity index (χ1v) is 8.05. The Morgan fingerprint density at radius 1 is 1.09 bits per heavy atom. The molecule has 0 saturated carbocycles. The summed E-state index contributed by atoms with van der Waals surface area (Å²) in [6.45, 7) is 0. The van der Waals surface area contributed by atoms with Gasteiger partial charge in [-0.25, -0.2) is 4.98 Å². The van der Waals surface area contributed by atoms with E-state index >= 15 is 0 Å². The monoisotopic (exact) mass is 324 g/mol. The van der Waals surface area contributed by atoms with Crippen LogP contribution in [0.3, 0.4) is 0 Å². The molecule has 1 aromatic heterocycles. The number of carbonyl (C=O) groups is 1. The van der Waals surface area contributed by atoms with Crippen LogP contribution in [-0.4, -0.2) is 18.0 Å². The number of benzene rings is 2. The summed E-state index contributed by atoms with van der Waals surface area (Å²) < 4.78 is 5.33. The van der Waals surface area contributed by atoms with Crippen LogP contribution in [0, 0.1) is 0 Å². The number of methoxy groups -OCH3 is 1. The zero-order valence-electron chi connectivity index (χ0n) is 12.6. The summed E-state index contributed by atoms with van der Waals surface area (Å²) in [5.41, 5.74) is 2.68. The van der Waals surface area contributed by atoms with Gasteiger partial charge in [-0.1, -0.05) is 60.7 Å². The minimum atomic E-state index is -0.653. The number of nitrogens with zero attached hydrogens (tertiary/aromatic N) is 1. The molecule has 2 aromatic carbocycles. The molecule has 116 valence electrons. The average molecular weight is 324 g/mol. The van der Waals surface area contributed by atoms with Gasteiger partial charge in [-0.15, -0.1) is 11.3 Å². The normalized spacial score (nSPS) is 11.9. The van der Waals surface area contributed by atoms with Gasteiger partial charge in [0.15, 0.2) is 11.2 Å². The van der Waals surface area contributed by atoms with Crippen molar-refractivity contribution in [2.45, 2.75) is 6.10 Å². The van der Waals surface area contributed by atoms with Crippen molar-refractivity contribution in [3.05, 3.63) is 71.6 Å². The minimum Gasteiger partial charge on any atom is -0.367 e. The molecule has 0 aliphatic heterocycles. The van der Waals surface area contributed by atoms with Crippen molar-refractivity contribution in [1.82, 2.24) is 4.98 Å². The Morgan fingerprint density at radius 3 is 2.39 bits per heavy atom. The van der Waals surface area contributed by atoms with E-state index in [-0.39, 0.29) is 5.91 Å². The van der Waals surface area contributed by atoms with Gasteiger partial charge in [-0.05, 0) is 5.56 Å². The number of ether oxygens (including phenoxy) is 1. The number of thiazole rings is 1. The highest BCUT2D eigenvalue weighted by Crippen LogP contribution is 2.26. The molecule has 0 fully saturated rings. The van der Waals surface area contributed by atoms with E-state index < -0.39 is 6.10 Å². The van der Waals surface area contributed by atoms with Gasteiger partial charge >= 0.3 is 0 Å². The van der Waals surface area contributed by atoms with Crippen molar-refractivity contribution in [1.29, 1.82) is 0 Å². The SMILES string of the molecule is CO[C@@H](C(=O)Nc1nc(-c2ccccc2)cs1)c1ccccc1. The lowest BCUT2D eigenvalue weighted by molar-refractivity contribution is -0.126. The molecule has 0 saturated heterocycles. The maximum absolute atomic E-state index is 12.4. The van der Waals surface area contributed by atoms with Crippen molar-refractivity contribution in [3.63, 3.8) is 0 Å². The van der Waals surface area contributed by atoms with Gasteiger partial charge in [-0.3, -0.25) is 10.1 Å². The second-order valence-electron chi connectivity index (χ2n) is 4.92. The van der Waals surface area contributed by atoms with Crippen molar-refractivity contribution in [3.8, 4) is 11.3 Å². The lowest BCUT2D eigenvalue weighted by atomic mass is 10.1. The summed E-state index contributed by atoms with van der Waals surface area (Å²) in [4.78, 5) is 16.9. The quantitative estimate of drug-likeness (QED) is 0.767. The van der Waals surface area contributed by atoms with Gasteiger partial charge in [0.1, 0.15) is 0 Å². The molecule has 1 atom stereocenters. The highest BCUT2D eigenvalue weighted by Gasteiger charge is 2.21. The Bertz CT molecular complexity index is 772. The number of anilines is 1. The van der Waals surface area contributed by atoms with Gasteiger partial charge < -0.3 is 4.74 Å². The first-order valence-electron chi connectivity index (χ1n) is 7.17. The number of amides is 1. The number of nitrogens with one attached hydrogen (secondary N) is 1. The van der Waals surface area contributed by atoms with Crippen LogP contribution in [0.2, 0.25) is 0 Å². The van der Waals surface area contributed by atoms with Gasteiger partial charge in [-0.2, -0.15) is 0 Å². The number of carbonyl (C=O) groups excluding carboxylic acids is 1. The van der Waals surface area contributed by atoms with Crippen LogP contribution in [0.1, 0.15) is 11.7 Å². The third-order valence-corrected chi connectivity index (χ3v) is 4.14. The highest BCUT2D eigenvalue weighted by atomic mass is 32.1. The second-order valence-corrected chi connectivity index (χ2v) is 5.78. The summed E-state index contributed by atoms with van der Waals surface area (Å²) in [6.07, 6.45) is -0.653. The summed E-state index contributed by atoms with van der Waals surface area (Å²) in [5.74, 6) is -0.229. The molecule has 0 aliphatic rings. The van der Waals surface area contributed by atoms with E-state index in [0.29, 0.717) is 5.13 Å². The van der Waals surface area contributed by atoms with Crippen LogP contribution in [0.25, 0.3) is 11.3 Å². The minimum absolute atomic E-state index is 0.229. The van der Waals surface area contributed by atoms with Crippen LogP contribution >= 0.6 is 11.3 Å².